The van der Waals surface area contributed by atoms with Crippen LogP contribution in [0.5, 0.6) is 0 Å². The largest absolute Gasteiger partial charge is 0.309 e. The minimum Gasteiger partial charge on any atom is -0.309 e. The van der Waals surface area contributed by atoms with Crippen molar-refractivity contribution in [1.82, 2.24) is 4.67 Å². The highest BCUT2D eigenvalue weighted by molar-refractivity contribution is 7.59. The van der Waals surface area contributed by atoms with E-state index in [-0.39, 0.29) is 16.7 Å². The number of nitrogens with zero attached hydrogens (tertiary/aromatic N) is 1. The van der Waals surface area contributed by atoms with Gasteiger partial charge in [-0.15, -0.1) is 0 Å². The molecular formula is C23H38NO3P. The van der Waals surface area contributed by atoms with Gasteiger partial charge in [0.2, 0.25) is 0 Å². The number of carbonyl (C=O) groups is 1. The van der Waals surface area contributed by atoms with E-state index in [9.17, 15) is 9.36 Å². The number of hydrogen-bond donors (Lipinski definition) is 0. The fraction of sp³-hybridized carbons (Fsp3) is 0.696. The average Bonchev–Trinajstić information content (AvgIpc) is 2.83. The first-order valence-electron chi connectivity index (χ1n) is 10.2. The summed E-state index contributed by atoms with van der Waals surface area (Å²) >= 11 is 0. The van der Waals surface area contributed by atoms with Crippen molar-refractivity contribution in [2.75, 3.05) is 6.54 Å². The molecule has 0 bridgehead atoms. The molecule has 28 heavy (non-hydrogen) atoms. The first-order valence-corrected chi connectivity index (χ1v) is 11.8. The first-order chi connectivity index (χ1) is 12.5. The highest BCUT2D eigenvalue weighted by Crippen LogP contribution is 2.71. The molecule has 0 spiro atoms. The quantitative estimate of drug-likeness (QED) is 0.426. The van der Waals surface area contributed by atoms with Crippen molar-refractivity contribution in [3.8, 4) is 0 Å². The predicted octanol–water partition coefficient (Wildman–Crippen LogP) is 6.44. The molecule has 1 aromatic rings. The summed E-state index contributed by atoms with van der Waals surface area (Å²) in [6, 6.07) is 7.73. The van der Waals surface area contributed by atoms with Gasteiger partial charge in [-0.05, 0) is 58.9 Å². The molecule has 1 aliphatic heterocycles. The minimum absolute atomic E-state index is 0.0179. The molecule has 5 heteroatoms. The molecule has 1 aromatic carbocycles. The Morgan fingerprint density at radius 1 is 1.07 bits per heavy atom. The molecule has 2 rings (SSSR count). The Bertz CT molecular complexity index is 784. The SMILES string of the molecule is CC[C@](C)(C(=O)c1ccc(C(C)(C)C)cc1)[P@@]1(=O)OC(C)(C)CN1C(C)(C)C. The third-order valence-corrected chi connectivity index (χ3v) is 9.69. The van der Waals surface area contributed by atoms with Gasteiger partial charge in [-0.1, -0.05) is 52.0 Å². The number of carbonyl (C=O) groups excluding carboxylic acids is 1. The molecule has 158 valence electrons. The summed E-state index contributed by atoms with van der Waals surface area (Å²) in [4.78, 5) is 13.7. The standard InChI is InChI=1S/C23H38NO3P/c1-11-23(10,19(25)17-12-14-18(15-13-17)20(2,3)4)28(26)24(21(5,6)7)16-22(8,9)27-28/h12-15H,11,16H2,1-10H3/t23-,28-/m1/s1. The van der Waals surface area contributed by atoms with E-state index < -0.39 is 18.3 Å². The van der Waals surface area contributed by atoms with Gasteiger partial charge < -0.3 is 4.52 Å². The summed E-state index contributed by atoms with van der Waals surface area (Å²) < 4.78 is 22.5. The zero-order chi connectivity index (χ0) is 21.8. The van der Waals surface area contributed by atoms with Crippen molar-refractivity contribution >= 4 is 13.3 Å². The first kappa shape index (κ1) is 23.3. The van der Waals surface area contributed by atoms with Crippen LogP contribution in [0.1, 0.15) is 91.6 Å². The number of Topliss-reactive ketones (excluding diaryl/α,β-unsaturated/α-hetero) is 1. The van der Waals surface area contributed by atoms with Gasteiger partial charge in [0.25, 0.3) is 7.52 Å². The van der Waals surface area contributed by atoms with E-state index in [1.165, 1.54) is 5.56 Å². The Kier molecular flexibility index (Phi) is 5.89. The van der Waals surface area contributed by atoms with Gasteiger partial charge in [-0.25, -0.2) is 4.67 Å². The summed E-state index contributed by atoms with van der Waals surface area (Å²) in [5.41, 5.74) is 0.855. The van der Waals surface area contributed by atoms with E-state index in [0.29, 0.717) is 18.5 Å². The van der Waals surface area contributed by atoms with E-state index in [0.717, 1.165) is 0 Å². The van der Waals surface area contributed by atoms with Crippen molar-refractivity contribution in [2.24, 2.45) is 0 Å². The summed E-state index contributed by atoms with van der Waals surface area (Å²) in [6.45, 7) is 20.7. The van der Waals surface area contributed by atoms with Crippen LogP contribution in [0.2, 0.25) is 0 Å². The second-order valence-electron chi connectivity index (χ2n) is 10.9. The second-order valence-corrected chi connectivity index (χ2v) is 13.6. The zero-order valence-corrected chi connectivity index (χ0v) is 20.2. The lowest BCUT2D eigenvalue weighted by Gasteiger charge is -2.42. The van der Waals surface area contributed by atoms with Crippen LogP contribution in [-0.4, -0.2) is 33.3 Å². The minimum atomic E-state index is -3.43. The van der Waals surface area contributed by atoms with Crippen LogP contribution in [0.4, 0.5) is 0 Å². The van der Waals surface area contributed by atoms with Crippen LogP contribution in [0.3, 0.4) is 0 Å². The van der Waals surface area contributed by atoms with Crippen LogP contribution in [0.15, 0.2) is 24.3 Å². The number of rotatable bonds is 4. The van der Waals surface area contributed by atoms with Crippen molar-refractivity contribution in [3.05, 3.63) is 35.4 Å². The molecule has 1 heterocycles. The molecule has 0 N–H and O–H groups in total. The molecule has 2 atom stereocenters. The zero-order valence-electron chi connectivity index (χ0n) is 19.3. The lowest BCUT2D eigenvalue weighted by atomic mass is 9.85. The van der Waals surface area contributed by atoms with Gasteiger partial charge in [0.05, 0.1) is 5.60 Å². The van der Waals surface area contributed by atoms with Crippen molar-refractivity contribution < 1.29 is 13.9 Å². The molecule has 0 radical (unpaired) electrons. The molecule has 0 amide bonds. The van der Waals surface area contributed by atoms with Gasteiger partial charge in [-0.2, -0.15) is 0 Å². The number of ketones is 1. The topological polar surface area (TPSA) is 46.6 Å². The van der Waals surface area contributed by atoms with E-state index in [1.807, 2.05) is 77.4 Å². The summed E-state index contributed by atoms with van der Waals surface area (Å²) in [5, 5.41) is -1.10. The lowest BCUT2D eigenvalue weighted by molar-refractivity contribution is 0.0916. The maximum absolute atomic E-state index is 14.4. The highest BCUT2D eigenvalue weighted by Gasteiger charge is 2.62. The summed E-state index contributed by atoms with van der Waals surface area (Å²) in [5.74, 6) is -0.106. The van der Waals surface area contributed by atoms with E-state index in [2.05, 4.69) is 20.8 Å². The van der Waals surface area contributed by atoms with E-state index in [1.54, 1.807) is 0 Å². The maximum atomic E-state index is 14.4. The summed E-state index contributed by atoms with van der Waals surface area (Å²) in [6.07, 6.45) is 0.451. The van der Waals surface area contributed by atoms with Gasteiger partial charge >= 0.3 is 0 Å². The Hall–Kier alpha value is -0.960. The van der Waals surface area contributed by atoms with Gasteiger partial charge in [0, 0.05) is 17.6 Å². The average molecular weight is 408 g/mol. The molecule has 1 fully saturated rings. The van der Waals surface area contributed by atoms with Crippen molar-refractivity contribution in [2.45, 2.75) is 97.4 Å². The van der Waals surface area contributed by atoms with Crippen LogP contribution in [0, 0.1) is 0 Å². The second kappa shape index (κ2) is 7.07. The van der Waals surface area contributed by atoms with Gasteiger partial charge in [-0.3, -0.25) is 9.36 Å². The Balaban J connectivity index is 2.53. The van der Waals surface area contributed by atoms with E-state index in [4.69, 9.17) is 4.52 Å². The van der Waals surface area contributed by atoms with E-state index >= 15 is 0 Å². The number of hydrogen-bond acceptors (Lipinski definition) is 3. The molecule has 0 aliphatic carbocycles. The molecule has 1 aliphatic rings. The molecule has 4 nitrogen and oxygen atoms in total. The Morgan fingerprint density at radius 3 is 1.96 bits per heavy atom. The predicted molar refractivity (Wildman–Crippen MR) is 117 cm³/mol. The van der Waals surface area contributed by atoms with Crippen LogP contribution < -0.4 is 0 Å². The van der Waals surface area contributed by atoms with Crippen molar-refractivity contribution in [3.63, 3.8) is 0 Å². The molecule has 0 aromatic heterocycles. The fourth-order valence-corrected chi connectivity index (χ4v) is 7.45. The van der Waals surface area contributed by atoms with Crippen LogP contribution in [-0.2, 0) is 14.5 Å². The van der Waals surface area contributed by atoms with Crippen LogP contribution >= 0.6 is 7.52 Å². The third-order valence-electron chi connectivity index (χ3n) is 5.81. The number of benzene rings is 1. The smallest absolute Gasteiger partial charge is 0.286 e. The third kappa shape index (κ3) is 4.01. The van der Waals surface area contributed by atoms with Gasteiger partial charge in [0.15, 0.2) is 5.78 Å². The maximum Gasteiger partial charge on any atom is 0.286 e. The monoisotopic (exact) mass is 407 g/mol. The molecule has 0 unspecified atom stereocenters. The fourth-order valence-electron chi connectivity index (χ4n) is 3.79. The van der Waals surface area contributed by atoms with Crippen molar-refractivity contribution in [1.29, 1.82) is 0 Å². The highest BCUT2D eigenvalue weighted by atomic mass is 31.2. The Labute approximate surface area is 171 Å². The molecule has 1 saturated heterocycles. The van der Waals surface area contributed by atoms with Crippen LogP contribution in [0.25, 0.3) is 0 Å². The Morgan fingerprint density at radius 2 is 1.57 bits per heavy atom. The summed E-state index contributed by atoms with van der Waals surface area (Å²) in [7, 11) is -3.43. The molecular weight excluding hydrogens is 369 g/mol. The lowest BCUT2D eigenvalue weighted by Crippen LogP contribution is -2.46. The molecule has 0 saturated carbocycles. The van der Waals surface area contributed by atoms with Gasteiger partial charge in [0.1, 0.15) is 5.16 Å². The normalized spacial score (nSPS) is 25.5.